The van der Waals surface area contributed by atoms with Crippen molar-refractivity contribution < 1.29 is 14.2 Å². The first-order valence-corrected chi connectivity index (χ1v) is 8.54. The zero-order valence-electron chi connectivity index (χ0n) is 15.2. The van der Waals surface area contributed by atoms with Gasteiger partial charge in [0.1, 0.15) is 16.6 Å². The van der Waals surface area contributed by atoms with Gasteiger partial charge >= 0.3 is 6.03 Å². The van der Waals surface area contributed by atoms with E-state index >= 15 is 0 Å². The molecular weight excluding hydrogens is 346 g/mol. The number of carbonyl (C=O) groups excluding carboxylic acids is 1. The monoisotopic (exact) mass is 365 g/mol. The van der Waals surface area contributed by atoms with Gasteiger partial charge in [-0.2, -0.15) is 4.74 Å². The molecule has 1 aliphatic rings. The van der Waals surface area contributed by atoms with Gasteiger partial charge in [-0.05, 0) is 54.5 Å². The molecule has 0 radical (unpaired) electrons. The van der Waals surface area contributed by atoms with Gasteiger partial charge in [-0.1, -0.05) is 18.2 Å². The third kappa shape index (κ3) is 2.69. The van der Waals surface area contributed by atoms with Gasteiger partial charge in [0.2, 0.25) is 0 Å². The van der Waals surface area contributed by atoms with Crippen LogP contribution in [0.25, 0.3) is 11.0 Å². The number of likely N-dealkylation sites (N-methyl/N-ethyl adjacent to an activating group) is 1. The van der Waals surface area contributed by atoms with Crippen LogP contribution in [0, 0.1) is 5.21 Å². The van der Waals surface area contributed by atoms with Crippen LogP contribution in [0.15, 0.2) is 53.2 Å². The summed E-state index contributed by atoms with van der Waals surface area (Å²) in [7, 11) is 1.71. The zero-order chi connectivity index (χ0) is 19.2. The predicted octanol–water partition coefficient (Wildman–Crippen LogP) is 2.83. The van der Waals surface area contributed by atoms with Crippen LogP contribution in [0.4, 0.5) is 10.5 Å². The molecule has 1 fully saturated rings. The minimum Gasteiger partial charge on any atom is -0.622 e. The van der Waals surface area contributed by atoms with E-state index in [0.717, 1.165) is 4.74 Å². The van der Waals surface area contributed by atoms with Crippen LogP contribution in [0.2, 0.25) is 0 Å². The Morgan fingerprint density at radius 3 is 2.59 bits per heavy atom. The van der Waals surface area contributed by atoms with E-state index in [-0.39, 0.29) is 6.03 Å². The molecule has 8 nitrogen and oxygen atoms in total. The molecule has 4 rings (SSSR count). The molecule has 27 heavy (non-hydrogen) atoms. The Hall–Kier alpha value is -3.42. The van der Waals surface area contributed by atoms with E-state index in [1.54, 1.807) is 30.1 Å². The fraction of sp³-hybridized carbons (Fsp3) is 0.263. The molecule has 0 spiro atoms. The highest BCUT2D eigenvalue weighted by Crippen LogP contribution is 2.35. The smallest absolute Gasteiger partial charge is 0.330 e. The fourth-order valence-corrected chi connectivity index (χ4v) is 3.36. The molecule has 2 heterocycles. The topological polar surface area (TPSA) is 88.5 Å². The van der Waals surface area contributed by atoms with Crippen molar-refractivity contribution in [3.8, 4) is 0 Å². The molecule has 0 saturated carbocycles. The Kier molecular flexibility index (Phi) is 3.83. The number of urea groups is 1. The summed E-state index contributed by atoms with van der Waals surface area (Å²) in [4.78, 5) is 16.0. The van der Waals surface area contributed by atoms with Gasteiger partial charge in [-0.25, -0.2) is 14.3 Å². The Morgan fingerprint density at radius 1 is 1.15 bits per heavy atom. The van der Waals surface area contributed by atoms with E-state index in [9.17, 15) is 10.0 Å². The minimum atomic E-state index is -0.733. The van der Waals surface area contributed by atoms with Gasteiger partial charge in [0.05, 0.1) is 5.69 Å². The van der Waals surface area contributed by atoms with Crippen molar-refractivity contribution in [1.29, 1.82) is 0 Å². The molecule has 1 saturated heterocycles. The number of para-hydroxylation sites is 1. The number of aromatic nitrogens is 2. The Labute approximate surface area is 155 Å². The summed E-state index contributed by atoms with van der Waals surface area (Å²) in [6.07, 6.45) is 0.728. The lowest BCUT2D eigenvalue weighted by Crippen LogP contribution is -2.51. The molecular formula is C19H19N5O3. The SMILES string of the molecule is CN1C(=O)N(c2ccccc2)[C@H](/[N+]([O-])=C\c2ccc3nonc3c2)C1(C)C. The number of fused-ring (bicyclic) bond motifs is 1. The third-order valence-corrected chi connectivity index (χ3v) is 5.06. The Balaban J connectivity index is 1.78. The average molecular weight is 365 g/mol. The summed E-state index contributed by atoms with van der Waals surface area (Å²) in [5.74, 6) is 0. The molecule has 2 aromatic carbocycles. The lowest BCUT2D eigenvalue weighted by molar-refractivity contribution is -0.504. The van der Waals surface area contributed by atoms with Gasteiger partial charge in [0, 0.05) is 12.6 Å². The predicted molar refractivity (Wildman–Crippen MR) is 101 cm³/mol. The normalized spacial score (nSPS) is 19.9. The van der Waals surface area contributed by atoms with Crippen LogP contribution in [-0.4, -0.2) is 51.0 Å². The second-order valence-electron chi connectivity index (χ2n) is 7.08. The molecule has 2 amide bonds. The standard InChI is InChI=1S/C19H19N5O3/c1-19(2)17(24(18(25)22(19)3)14-7-5-4-6-8-14)23(26)12-13-9-10-15-16(11-13)21-27-20-15/h4-12,17H,1-3H3/b23-12+/t17-/m0/s1. The highest BCUT2D eigenvalue weighted by atomic mass is 16.6. The number of rotatable bonds is 3. The maximum absolute atomic E-state index is 13.2. The van der Waals surface area contributed by atoms with Crippen molar-refractivity contribution in [3.63, 3.8) is 0 Å². The summed E-state index contributed by atoms with van der Waals surface area (Å²) in [6.45, 7) is 3.75. The van der Waals surface area contributed by atoms with Crippen LogP contribution in [0.5, 0.6) is 0 Å². The lowest BCUT2D eigenvalue weighted by atomic mass is 10.0. The van der Waals surface area contributed by atoms with E-state index in [1.165, 1.54) is 11.1 Å². The number of hydrogen-bond acceptors (Lipinski definition) is 5. The second kappa shape index (κ2) is 6.08. The Bertz CT molecular complexity index is 1030. The average Bonchev–Trinajstić information content (AvgIpc) is 3.19. The fourth-order valence-electron chi connectivity index (χ4n) is 3.36. The number of anilines is 1. The number of hydroxylamine groups is 1. The number of carbonyl (C=O) groups is 1. The highest BCUT2D eigenvalue weighted by molar-refractivity contribution is 5.96. The number of amides is 2. The number of nitrogens with zero attached hydrogens (tertiary/aromatic N) is 5. The lowest BCUT2D eigenvalue weighted by Gasteiger charge is -2.31. The van der Waals surface area contributed by atoms with E-state index < -0.39 is 11.7 Å². The maximum Gasteiger partial charge on any atom is 0.330 e. The maximum atomic E-state index is 13.2. The van der Waals surface area contributed by atoms with Gasteiger partial charge in [-0.15, -0.1) is 0 Å². The summed E-state index contributed by atoms with van der Waals surface area (Å²) in [5, 5.41) is 20.7. The van der Waals surface area contributed by atoms with Crippen LogP contribution in [0.1, 0.15) is 19.4 Å². The van der Waals surface area contributed by atoms with Crippen molar-refractivity contribution in [2.45, 2.75) is 25.6 Å². The molecule has 0 N–H and O–H groups in total. The molecule has 0 aliphatic carbocycles. The van der Waals surface area contributed by atoms with Crippen LogP contribution >= 0.6 is 0 Å². The van der Waals surface area contributed by atoms with Crippen molar-refractivity contribution in [2.75, 3.05) is 11.9 Å². The van der Waals surface area contributed by atoms with E-state index in [1.807, 2.05) is 44.2 Å². The highest BCUT2D eigenvalue weighted by Gasteiger charge is 2.55. The van der Waals surface area contributed by atoms with Crippen molar-refractivity contribution in [1.82, 2.24) is 15.2 Å². The molecule has 1 atom stereocenters. The van der Waals surface area contributed by atoms with E-state index in [4.69, 9.17) is 4.63 Å². The largest absolute Gasteiger partial charge is 0.622 e. The van der Waals surface area contributed by atoms with Crippen LogP contribution < -0.4 is 4.90 Å². The molecule has 138 valence electrons. The van der Waals surface area contributed by atoms with Gasteiger partial charge in [0.25, 0.3) is 6.17 Å². The molecule has 0 unspecified atom stereocenters. The van der Waals surface area contributed by atoms with Crippen LogP contribution in [0.3, 0.4) is 0 Å². The van der Waals surface area contributed by atoms with Crippen molar-refractivity contribution in [2.24, 2.45) is 0 Å². The molecule has 1 aromatic heterocycles. The third-order valence-electron chi connectivity index (χ3n) is 5.06. The first-order chi connectivity index (χ1) is 12.9. The van der Waals surface area contributed by atoms with Gasteiger partial charge < -0.3 is 10.1 Å². The minimum absolute atomic E-state index is 0.221. The van der Waals surface area contributed by atoms with Crippen molar-refractivity contribution >= 4 is 29.0 Å². The second-order valence-corrected chi connectivity index (χ2v) is 7.08. The molecule has 1 aliphatic heterocycles. The summed E-state index contributed by atoms with van der Waals surface area (Å²) < 4.78 is 5.52. The molecule has 0 bridgehead atoms. The summed E-state index contributed by atoms with van der Waals surface area (Å²) >= 11 is 0. The van der Waals surface area contributed by atoms with E-state index in [2.05, 4.69) is 10.3 Å². The van der Waals surface area contributed by atoms with Crippen molar-refractivity contribution in [3.05, 3.63) is 59.3 Å². The first kappa shape index (κ1) is 17.0. The summed E-state index contributed by atoms with van der Waals surface area (Å²) in [6, 6.07) is 14.2. The van der Waals surface area contributed by atoms with E-state index in [0.29, 0.717) is 22.3 Å². The quantitative estimate of drug-likeness (QED) is 0.308. The summed E-state index contributed by atoms with van der Waals surface area (Å²) in [5.41, 5.74) is 1.81. The Morgan fingerprint density at radius 2 is 1.85 bits per heavy atom. The van der Waals surface area contributed by atoms with Gasteiger partial charge in [0.15, 0.2) is 6.21 Å². The molecule has 8 heteroatoms. The number of hydrogen-bond donors (Lipinski definition) is 0. The van der Waals surface area contributed by atoms with Gasteiger partial charge in [-0.3, -0.25) is 0 Å². The molecule has 3 aromatic rings. The first-order valence-electron chi connectivity index (χ1n) is 8.54. The zero-order valence-corrected chi connectivity index (χ0v) is 15.2. The number of benzene rings is 2. The van der Waals surface area contributed by atoms with Crippen LogP contribution in [-0.2, 0) is 0 Å².